The molecule has 0 amide bonds. The molecule has 1 heterocycles. The number of aromatic amines is 1. The number of hydrogen-bond acceptors (Lipinski definition) is 4. The zero-order valence-electron chi connectivity index (χ0n) is 11.2. The first-order valence-electron chi connectivity index (χ1n) is 6.04. The van der Waals surface area contributed by atoms with E-state index < -0.39 is 10.0 Å². The summed E-state index contributed by atoms with van der Waals surface area (Å²) in [4.78, 5) is 0.00214. The minimum Gasteiger partial charge on any atom is -0.316 e. The summed E-state index contributed by atoms with van der Waals surface area (Å²) < 4.78 is 27.1. The van der Waals surface area contributed by atoms with Crippen LogP contribution in [0.3, 0.4) is 0 Å². The third-order valence-electron chi connectivity index (χ3n) is 2.78. The van der Waals surface area contributed by atoms with Gasteiger partial charge in [-0.2, -0.15) is 5.10 Å². The van der Waals surface area contributed by atoms with E-state index in [9.17, 15) is 8.42 Å². The Morgan fingerprint density at radius 2 is 2.00 bits per heavy atom. The second kappa shape index (κ2) is 6.76. The highest BCUT2D eigenvalue weighted by Gasteiger charge is 2.20. The third kappa shape index (κ3) is 3.96. The molecule has 0 saturated heterocycles. The SMILES string of the molecule is CNCc1cc(S(=O)(=O)NCc2cn[nH]c2)c(Cl)cc1Cl. The lowest BCUT2D eigenvalue weighted by Crippen LogP contribution is -2.23. The first-order chi connectivity index (χ1) is 9.94. The van der Waals surface area contributed by atoms with Gasteiger partial charge in [0.25, 0.3) is 0 Å². The Kier molecular flexibility index (Phi) is 5.23. The third-order valence-corrected chi connectivity index (χ3v) is 5.00. The standard InChI is InChI=1S/C12H14Cl2N4O2S/c1-15-7-9-2-12(11(14)3-10(9)13)21(19,20)18-6-8-4-16-17-5-8/h2-5,15,18H,6-7H2,1H3,(H,16,17). The molecule has 0 fully saturated rings. The first-order valence-corrected chi connectivity index (χ1v) is 8.28. The van der Waals surface area contributed by atoms with E-state index in [1.807, 2.05) is 0 Å². The summed E-state index contributed by atoms with van der Waals surface area (Å²) in [6.07, 6.45) is 3.15. The number of aromatic nitrogens is 2. The van der Waals surface area contributed by atoms with Gasteiger partial charge in [-0.25, -0.2) is 13.1 Å². The summed E-state index contributed by atoms with van der Waals surface area (Å²) in [6, 6.07) is 2.90. The molecular weight excluding hydrogens is 335 g/mol. The van der Waals surface area contributed by atoms with Gasteiger partial charge in [0.15, 0.2) is 0 Å². The van der Waals surface area contributed by atoms with E-state index in [0.717, 1.165) is 5.56 Å². The summed E-state index contributed by atoms with van der Waals surface area (Å²) in [5.41, 5.74) is 1.38. The van der Waals surface area contributed by atoms with E-state index in [2.05, 4.69) is 20.2 Å². The molecular formula is C12H14Cl2N4O2S. The molecule has 2 aromatic rings. The van der Waals surface area contributed by atoms with Crippen molar-refractivity contribution in [2.75, 3.05) is 7.05 Å². The molecule has 3 N–H and O–H groups in total. The van der Waals surface area contributed by atoms with Crippen LogP contribution in [0.5, 0.6) is 0 Å². The molecule has 21 heavy (non-hydrogen) atoms. The minimum atomic E-state index is -3.73. The average molecular weight is 349 g/mol. The summed E-state index contributed by atoms with van der Waals surface area (Å²) in [7, 11) is -1.99. The molecule has 2 rings (SSSR count). The van der Waals surface area contributed by atoms with Gasteiger partial charge in [-0.15, -0.1) is 0 Å². The van der Waals surface area contributed by atoms with Crippen molar-refractivity contribution in [2.24, 2.45) is 0 Å². The lowest BCUT2D eigenvalue weighted by atomic mass is 10.2. The maximum atomic E-state index is 12.3. The topological polar surface area (TPSA) is 86.9 Å². The normalized spacial score (nSPS) is 11.8. The van der Waals surface area contributed by atoms with E-state index >= 15 is 0 Å². The van der Waals surface area contributed by atoms with Crippen LogP contribution in [-0.2, 0) is 23.1 Å². The van der Waals surface area contributed by atoms with Crippen molar-refractivity contribution in [2.45, 2.75) is 18.0 Å². The van der Waals surface area contributed by atoms with Crippen molar-refractivity contribution in [1.29, 1.82) is 0 Å². The highest BCUT2D eigenvalue weighted by molar-refractivity contribution is 7.89. The van der Waals surface area contributed by atoms with Gasteiger partial charge in [0, 0.05) is 29.9 Å². The molecule has 1 aromatic carbocycles. The van der Waals surface area contributed by atoms with Gasteiger partial charge >= 0.3 is 0 Å². The molecule has 0 radical (unpaired) electrons. The Balaban J connectivity index is 2.28. The van der Waals surface area contributed by atoms with Gasteiger partial charge in [-0.1, -0.05) is 23.2 Å². The van der Waals surface area contributed by atoms with Crippen LogP contribution in [-0.4, -0.2) is 25.7 Å². The molecule has 6 nitrogen and oxygen atoms in total. The van der Waals surface area contributed by atoms with Gasteiger partial charge in [-0.3, -0.25) is 5.10 Å². The minimum absolute atomic E-state index is 0.00214. The molecule has 0 spiro atoms. The molecule has 1 aromatic heterocycles. The predicted molar refractivity (Wildman–Crippen MR) is 81.8 cm³/mol. The van der Waals surface area contributed by atoms with Crippen molar-refractivity contribution in [3.05, 3.63) is 45.7 Å². The van der Waals surface area contributed by atoms with Crippen molar-refractivity contribution in [3.63, 3.8) is 0 Å². The molecule has 114 valence electrons. The first kappa shape index (κ1) is 16.3. The number of halogens is 2. The maximum absolute atomic E-state index is 12.3. The van der Waals surface area contributed by atoms with E-state index in [1.54, 1.807) is 19.4 Å². The summed E-state index contributed by atoms with van der Waals surface area (Å²) in [5, 5.41) is 9.79. The van der Waals surface area contributed by atoms with E-state index in [-0.39, 0.29) is 16.5 Å². The van der Waals surface area contributed by atoms with Crippen molar-refractivity contribution in [1.82, 2.24) is 20.2 Å². The summed E-state index contributed by atoms with van der Waals surface area (Å²) in [6.45, 7) is 0.569. The molecule has 0 unspecified atom stereocenters. The Hall–Kier alpha value is -1.12. The van der Waals surface area contributed by atoms with Gasteiger partial charge in [0.1, 0.15) is 4.90 Å². The fourth-order valence-electron chi connectivity index (χ4n) is 1.73. The molecule has 0 aliphatic rings. The second-order valence-electron chi connectivity index (χ2n) is 4.34. The van der Waals surface area contributed by atoms with Crippen LogP contribution in [0, 0.1) is 0 Å². The Bertz CT molecular complexity index is 717. The number of nitrogens with zero attached hydrogens (tertiary/aromatic N) is 1. The number of sulfonamides is 1. The number of rotatable bonds is 6. The molecule has 9 heteroatoms. The molecule has 0 bridgehead atoms. The predicted octanol–water partition coefficient (Wildman–Crippen LogP) is 1.91. The van der Waals surface area contributed by atoms with Crippen LogP contribution < -0.4 is 10.0 Å². The smallest absolute Gasteiger partial charge is 0.242 e. The lowest BCUT2D eigenvalue weighted by molar-refractivity contribution is 0.581. The second-order valence-corrected chi connectivity index (χ2v) is 6.89. The van der Waals surface area contributed by atoms with Crippen molar-refractivity contribution < 1.29 is 8.42 Å². The van der Waals surface area contributed by atoms with Crippen LogP contribution in [0.1, 0.15) is 11.1 Å². The number of benzene rings is 1. The largest absolute Gasteiger partial charge is 0.316 e. The Labute approximate surface area is 132 Å². The number of hydrogen-bond donors (Lipinski definition) is 3. The fraction of sp³-hybridized carbons (Fsp3) is 0.250. The van der Waals surface area contributed by atoms with E-state index in [1.165, 1.54) is 12.1 Å². The molecule has 0 aliphatic carbocycles. The lowest BCUT2D eigenvalue weighted by Gasteiger charge is -2.11. The Morgan fingerprint density at radius 3 is 2.62 bits per heavy atom. The van der Waals surface area contributed by atoms with Gasteiger partial charge in [0.05, 0.1) is 11.2 Å². The molecule has 0 saturated carbocycles. The van der Waals surface area contributed by atoms with Crippen LogP contribution in [0.25, 0.3) is 0 Å². The Morgan fingerprint density at radius 1 is 1.24 bits per heavy atom. The number of nitrogens with one attached hydrogen (secondary N) is 3. The molecule has 0 atom stereocenters. The van der Waals surface area contributed by atoms with E-state index in [0.29, 0.717) is 17.1 Å². The summed E-state index contributed by atoms with van der Waals surface area (Å²) >= 11 is 12.0. The van der Waals surface area contributed by atoms with Crippen LogP contribution in [0.4, 0.5) is 0 Å². The summed E-state index contributed by atoms with van der Waals surface area (Å²) in [5.74, 6) is 0. The van der Waals surface area contributed by atoms with Crippen molar-refractivity contribution >= 4 is 33.2 Å². The van der Waals surface area contributed by atoms with Gasteiger partial charge < -0.3 is 5.32 Å². The van der Waals surface area contributed by atoms with Crippen molar-refractivity contribution in [3.8, 4) is 0 Å². The average Bonchev–Trinajstić information content (AvgIpc) is 2.93. The van der Waals surface area contributed by atoms with Gasteiger partial charge in [-0.05, 0) is 24.7 Å². The highest BCUT2D eigenvalue weighted by Crippen LogP contribution is 2.28. The maximum Gasteiger partial charge on any atom is 0.242 e. The molecule has 0 aliphatic heterocycles. The number of H-pyrrole nitrogens is 1. The van der Waals surface area contributed by atoms with Crippen LogP contribution >= 0.6 is 23.2 Å². The van der Waals surface area contributed by atoms with E-state index in [4.69, 9.17) is 23.2 Å². The van der Waals surface area contributed by atoms with Crippen LogP contribution in [0.15, 0.2) is 29.4 Å². The van der Waals surface area contributed by atoms with Crippen LogP contribution in [0.2, 0.25) is 10.0 Å². The quantitative estimate of drug-likeness (QED) is 0.744. The van der Waals surface area contributed by atoms with Gasteiger partial charge in [0.2, 0.25) is 10.0 Å². The zero-order valence-corrected chi connectivity index (χ0v) is 13.5. The zero-order chi connectivity index (χ0) is 15.5. The highest BCUT2D eigenvalue weighted by atomic mass is 35.5. The monoisotopic (exact) mass is 348 g/mol. The fourth-order valence-corrected chi connectivity index (χ4v) is 3.61.